The minimum Gasteiger partial charge on any atom is -0.481 e. The van der Waals surface area contributed by atoms with Crippen molar-refractivity contribution in [3.63, 3.8) is 0 Å². The Morgan fingerprint density at radius 1 is 1.15 bits per heavy atom. The smallest absolute Gasteiger partial charge is 0.317 e. The number of hydrogen-bond acceptors (Lipinski definition) is 2. The predicted molar refractivity (Wildman–Crippen MR) is 76.6 cm³/mol. The van der Waals surface area contributed by atoms with Gasteiger partial charge in [0.25, 0.3) is 0 Å². The summed E-state index contributed by atoms with van der Waals surface area (Å²) >= 11 is 0. The lowest BCUT2D eigenvalue weighted by atomic mass is 9.74. The number of rotatable bonds is 4. The summed E-state index contributed by atoms with van der Waals surface area (Å²) in [5.74, 6) is -0.831. The molecule has 5 heteroatoms. The summed E-state index contributed by atoms with van der Waals surface area (Å²) in [6, 6.07) is 0.206. The van der Waals surface area contributed by atoms with Gasteiger partial charge in [-0.1, -0.05) is 25.7 Å². The molecule has 5 nitrogen and oxygen atoms in total. The van der Waals surface area contributed by atoms with E-state index in [0.29, 0.717) is 6.04 Å². The molecular weight excluding hydrogens is 256 g/mol. The Kier molecular flexibility index (Phi) is 4.89. The average Bonchev–Trinajstić information content (AvgIpc) is 2.63. The van der Waals surface area contributed by atoms with Gasteiger partial charge in [-0.15, -0.1) is 0 Å². The van der Waals surface area contributed by atoms with Crippen LogP contribution in [0.2, 0.25) is 0 Å². The van der Waals surface area contributed by atoms with Gasteiger partial charge in [0.2, 0.25) is 0 Å². The molecule has 0 unspecified atom stereocenters. The fraction of sp³-hybridized carbons (Fsp3) is 0.867. The van der Waals surface area contributed by atoms with Crippen LogP contribution in [0.4, 0.5) is 4.79 Å². The van der Waals surface area contributed by atoms with Crippen LogP contribution in [0.1, 0.15) is 64.2 Å². The van der Waals surface area contributed by atoms with Crippen molar-refractivity contribution in [1.29, 1.82) is 0 Å². The SMILES string of the molecule is CN(C(=O)NC1(CC(=O)O)CCC1)C1CCCCCC1. The fourth-order valence-electron chi connectivity index (χ4n) is 3.36. The molecule has 0 aromatic carbocycles. The van der Waals surface area contributed by atoms with E-state index in [1.807, 2.05) is 7.05 Å². The maximum absolute atomic E-state index is 12.4. The van der Waals surface area contributed by atoms with E-state index in [-0.39, 0.29) is 12.5 Å². The molecule has 0 heterocycles. The van der Waals surface area contributed by atoms with Gasteiger partial charge in [-0.3, -0.25) is 4.79 Å². The predicted octanol–water partition coefficient (Wildman–Crippen LogP) is 2.75. The average molecular weight is 282 g/mol. The minimum atomic E-state index is -0.831. The molecule has 0 aromatic heterocycles. The molecule has 0 aromatic rings. The quantitative estimate of drug-likeness (QED) is 0.779. The first-order valence-electron chi connectivity index (χ1n) is 7.79. The number of carboxylic acids is 1. The topological polar surface area (TPSA) is 69.6 Å². The summed E-state index contributed by atoms with van der Waals surface area (Å²) in [4.78, 5) is 25.1. The van der Waals surface area contributed by atoms with Crippen LogP contribution in [0.15, 0.2) is 0 Å². The molecule has 2 fully saturated rings. The number of amides is 2. The lowest BCUT2D eigenvalue weighted by Crippen LogP contribution is -2.58. The number of aliphatic carboxylic acids is 1. The summed E-state index contributed by atoms with van der Waals surface area (Å²) in [5, 5.41) is 12.0. The standard InChI is InChI=1S/C15H26N2O3/c1-17(12-7-4-2-3-5-8-12)14(20)16-15(9-6-10-15)11-13(18)19/h12H,2-11H2,1H3,(H,16,20)(H,18,19). The van der Waals surface area contributed by atoms with E-state index in [2.05, 4.69) is 5.32 Å². The first kappa shape index (κ1) is 15.1. The molecule has 114 valence electrons. The Morgan fingerprint density at radius 2 is 1.75 bits per heavy atom. The molecule has 2 amide bonds. The lowest BCUT2D eigenvalue weighted by Gasteiger charge is -2.43. The van der Waals surface area contributed by atoms with Gasteiger partial charge in [-0.2, -0.15) is 0 Å². The Morgan fingerprint density at radius 3 is 2.20 bits per heavy atom. The molecule has 0 atom stereocenters. The number of hydrogen-bond donors (Lipinski definition) is 2. The zero-order valence-corrected chi connectivity index (χ0v) is 12.4. The van der Waals surface area contributed by atoms with Crippen LogP contribution >= 0.6 is 0 Å². The Bertz CT molecular complexity index is 358. The third-order valence-corrected chi connectivity index (χ3v) is 4.87. The highest BCUT2D eigenvalue weighted by Crippen LogP contribution is 2.35. The summed E-state index contributed by atoms with van der Waals surface area (Å²) in [7, 11) is 1.85. The highest BCUT2D eigenvalue weighted by atomic mass is 16.4. The van der Waals surface area contributed by atoms with Crippen LogP contribution in [0.3, 0.4) is 0 Å². The van der Waals surface area contributed by atoms with Crippen LogP contribution in [0.25, 0.3) is 0 Å². The summed E-state index contributed by atoms with van der Waals surface area (Å²) < 4.78 is 0. The number of carboxylic acid groups (broad SMARTS) is 1. The first-order valence-corrected chi connectivity index (χ1v) is 7.79. The van der Waals surface area contributed by atoms with E-state index in [1.165, 1.54) is 25.7 Å². The van der Waals surface area contributed by atoms with Gasteiger partial charge in [-0.25, -0.2) is 4.79 Å². The van der Waals surface area contributed by atoms with Crippen molar-refractivity contribution in [2.75, 3.05) is 7.05 Å². The molecule has 0 saturated heterocycles. The van der Waals surface area contributed by atoms with Crippen molar-refractivity contribution in [2.45, 2.75) is 75.8 Å². The normalized spacial score (nSPS) is 22.4. The van der Waals surface area contributed by atoms with Crippen molar-refractivity contribution < 1.29 is 14.7 Å². The molecule has 2 aliphatic rings. The van der Waals surface area contributed by atoms with Gasteiger partial charge < -0.3 is 15.3 Å². The molecule has 2 aliphatic carbocycles. The zero-order valence-electron chi connectivity index (χ0n) is 12.4. The van der Waals surface area contributed by atoms with Crippen molar-refractivity contribution in [3.8, 4) is 0 Å². The van der Waals surface area contributed by atoms with Crippen LogP contribution in [-0.4, -0.2) is 40.6 Å². The Balaban J connectivity index is 1.90. The molecule has 0 aliphatic heterocycles. The zero-order chi connectivity index (χ0) is 14.6. The number of urea groups is 1. The van der Waals surface area contributed by atoms with Crippen molar-refractivity contribution in [2.24, 2.45) is 0 Å². The van der Waals surface area contributed by atoms with Crippen LogP contribution in [0.5, 0.6) is 0 Å². The van der Waals surface area contributed by atoms with Crippen molar-refractivity contribution in [1.82, 2.24) is 10.2 Å². The lowest BCUT2D eigenvalue weighted by molar-refractivity contribution is -0.139. The molecule has 2 rings (SSSR count). The van der Waals surface area contributed by atoms with Crippen molar-refractivity contribution in [3.05, 3.63) is 0 Å². The van der Waals surface area contributed by atoms with Gasteiger partial charge >= 0.3 is 12.0 Å². The molecule has 0 spiro atoms. The van der Waals surface area contributed by atoms with Gasteiger partial charge in [0, 0.05) is 13.1 Å². The molecule has 0 radical (unpaired) electrons. The molecule has 2 saturated carbocycles. The number of nitrogens with one attached hydrogen (secondary N) is 1. The van der Waals surface area contributed by atoms with E-state index in [4.69, 9.17) is 5.11 Å². The monoisotopic (exact) mass is 282 g/mol. The molecule has 2 N–H and O–H groups in total. The van der Waals surface area contributed by atoms with E-state index in [1.54, 1.807) is 4.90 Å². The van der Waals surface area contributed by atoms with E-state index >= 15 is 0 Å². The Hall–Kier alpha value is -1.26. The summed E-state index contributed by atoms with van der Waals surface area (Å²) in [5.41, 5.74) is -0.498. The Labute approximate surface area is 120 Å². The third kappa shape index (κ3) is 3.64. The second kappa shape index (κ2) is 6.46. The first-order chi connectivity index (χ1) is 9.52. The molecule has 20 heavy (non-hydrogen) atoms. The van der Waals surface area contributed by atoms with Crippen molar-refractivity contribution >= 4 is 12.0 Å². The van der Waals surface area contributed by atoms with Crippen LogP contribution in [-0.2, 0) is 4.79 Å². The van der Waals surface area contributed by atoms with Gasteiger partial charge in [0.1, 0.15) is 0 Å². The minimum absolute atomic E-state index is 0.0389. The van der Waals surface area contributed by atoms with E-state index in [0.717, 1.165) is 32.1 Å². The van der Waals surface area contributed by atoms with Crippen LogP contribution in [0, 0.1) is 0 Å². The summed E-state index contributed by atoms with van der Waals surface area (Å²) in [6.45, 7) is 0. The number of nitrogens with zero attached hydrogens (tertiary/aromatic N) is 1. The second-order valence-corrected chi connectivity index (χ2v) is 6.39. The van der Waals surface area contributed by atoms with Gasteiger partial charge in [0.05, 0.1) is 12.0 Å². The molecular formula is C15H26N2O3. The van der Waals surface area contributed by atoms with Gasteiger partial charge in [0.15, 0.2) is 0 Å². The van der Waals surface area contributed by atoms with Crippen LogP contribution < -0.4 is 5.32 Å². The maximum atomic E-state index is 12.4. The number of carbonyl (C=O) groups is 2. The fourth-order valence-corrected chi connectivity index (χ4v) is 3.36. The largest absolute Gasteiger partial charge is 0.481 e. The maximum Gasteiger partial charge on any atom is 0.317 e. The van der Waals surface area contributed by atoms with Gasteiger partial charge in [-0.05, 0) is 32.1 Å². The summed E-state index contributed by atoms with van der Waals surface area (Å²) in [6.07, 6.45) is 9.62. The van der Waals surface area contributed by atoms with E-state index < -0.39 is 11.5 Å². The molecule has 0 bridgehead atoms. The number of carbonyl (C=O) groups excluding carboxylic acids is 1. The third-order valence-electron chi connectivity index (χ3n) is 4.87. The highest BCUT2D eigenvalue weighted by molar-refractivity contribution is 5.77. The second-order valence-electron chi connectivity index (χ2n) is 6.39. The highest BCUT2D eigenvalue weighted by Gasteiger charge is 2.41. The van der Waals surface area contributed by atoms with E-state index in [9.17, 15) is 9.59 Å².